The molecule has 0 aromatic heterocycles. The summed E-state index contributed by atoms with van der Waals surface area (Å²) >= 11 is 0. The molecule has 0 radical (unpaired) electrons. The van der Waals surface area contributed by atoms with Gasteiger partial charge >= 0.3 is 0 Å². The molecule has 0 bridgehead atoms. The van der Waals surface area contributed by atoms with Crippen LogP contribution in [0.25, 0.3) is 0 Å². The smallest absolute Gasteiger partial charge is 0.237 e. The number of fused-ring (bicyclic) bond motifs is 1. The second-order valence-electron chi connectivity index (χ2n) is 10.9. The van der Waals surface area contributed by atoms with E-state index in [9.17, 15) is 14.0 Å². The van der Waals surface area contributed by atoms with Crippen LogP contribution in [0.1, 0.15) is 71.1 Å². The minimum Gasteiger partial charge on any atom is -0.355 e. The zero-order chi connectivity index (χ0) is 22.5. The number of carbonyl (C=O) groups is 2. The molecule has 0 aromatic rings. The molecule has 2 amide bonds. The van der Waals surface area contributed by atoms with E-state index in [2.05, 4.69) is 16.0 Å². The molecule has 1 saturated carbocycles. The number of amides is 2. The van der Waals surface area contributed by atoms with Crippen molar-refractivity contribution in [1.29, 1.82) is 0 Å². The Bertz CT molecular complexity index is 625. The van der Waals surface area contributed by atoms with Crippen molar-refractivity contribution in [2.45, 2.75) is 89.4 Å². The zero-order valence-corrected chi connectivity index (χ0v) is 19.8. The SMILES string of the molecule is CC1CCC(C(=O)N2CCC(CCCCNC(=O)C3CC4CNCCC4N3)CC2)CC1F. The Kier molecular flexibility index (Phi) is 8.43. The maximum absolute atomic E-state index is 14.0. The average Bonchev–Trinajstić information content (AvgIpc) is 3.25. The van der Waals surface area contributed by atoms with E-state index in [1.165, 1.54) is 6.42 Å². The van der Waals surface area contributed by atoms with Crippen molar-refractivity contribution in [2.75, 3.05) is 32.7 Å². The summed E-state index contributed by atoms with van der Waals surface area (Å²) in [6, 6.07) is 0.483. The summed E-state index contributed by atoms with van der Waals surface area (Å²) in [6.45, 7) is 6.45. The minimum atomic E-state index is -0.818. The van der Waals surface area contributed by atoms with Crippen LogP contribution in [0.3, 0.4) is 0 Å². The third-order valence-electron chi connectivity index (χ3n) is 8.59. The van der Waals surface area contributed by atoms with Gasteiger partial charge in [0.25, 0.3) is 0 Å². The summed E-state index contributed by atoms with van der Waals surface area (Å²) < 4.78 is 14.0. The van der Waals surface area contributed by atoms with Crippen LogP contribution in [0, 0.1) is 23.7 Å². The van der Waals surface area contributed by atoms with Crippen LogP contribution in [0.15, 0.2) is 0 Å². The normalized spacial score (nSPS) is 36.0. The lowest BCUT2D eigenvalue weighted by Gasteiger charge is -2.36. The second kappa shape index (κ2) is 11.3. The molecular weight excluding hydrogens is 407 g/mol. The number of piperidine rings is 2. The van der Waals surface area contributed by atoms with Crippen molar-refractivity contribution < 1.29 is 14.0 Å². The van der Waals surface area contributed by atoms with Gasteiger partial charge in [-0.3, -0.25) is 9.59 Å². The first kappa shape index (κ1) is 23.9. The van der Waals surface area contributed by atoms with E-state index in [1.807, 2.05) is 11.8 Å². The van der Waals surface area contributed by atoms with Crippen LogP contribution in [-0.4, -0.2) is 67.7 Å². The number of halogens is 1. The fraction of sp³-hybridized carbons (Fsp3) is 0.920. The largest absolute Gasteiger partial charge is 0.355 e. The summed E-state index contributed by atoms with van der Waals surface area (Å²) in [7, 11) is 0. The van der Waals surface area contributed by atoms with E-state index in [1.54, 1.807) is 0 Å². The lowest BCUT2D eigenvalue weighted by molar-refractivity contribution is -0.139. The molecule has 7 heteroatoms. The molecule has 0 aromatic carbocycles. The van der Waals surface area contributed by atoms with Gasteiger partial charge in [0.1, 0.15) is 6.17 Å². The number of alkyl halides is 1. The van der Waals surface area contributed by atoms with E-state index in [0.29, 0.717) is 24.3 Å². The third kappa shape index (κ3) is 6.02. The van der Waals surface area contributed by atoms with E-state index in [0.717, 1.165) is 84.1 Å². The minimum absolute atomic E-state index is 0.0215. The quantitative estimate of drug-likeness (QED) is 0.522. The highest BCUT2D eigenvalue weighted by molar-refractivity contribution is 5.82. The topological polar surface area (TPSA) is 73.5 Å². The van der Waals surface area contributed by atoms with Gasteiger partial charge in [0.05, 0.1) is 6.04 Å². The predicted octanol–water partition coefficient (Wildman–Crippen LogP) is 2.63. The molecular formula is C25H43FN4O2. The second-order valence-corrected chi connectivity index (χ2v) is 10.9. The first-order valence-corrected chi connectivity index (χ1v) is 13.2. The highest BCUT2D eigenvalue weighted by Gasteiger charge is 2.38. The van der Waals surface area contributed by atoms with Gasteiger partial charge in [-0.2, -0.15) is 0 Å². The van der Waals surface area contributed by atoms with Crippen molar-refractivity contribution in [3.63, 3.8) is 0 Å². The van der Waals surface area contributed by atoms with Gasteiger partial charge in [0.15, 0.2) is 0 Å². The lowest BCUT2D eigenvalue weighted by Crippen LogP contribution is -2.45. The average molecular weight is 451 g/mol. The fourth-order valence-electron chi connectivity index (χ4n) is 6.29. The zero-order valence-electron chi connectivity index (χ0n) is 19.8. The molecule has 182 valence electrons. The molecule has 0 spiro atoms. The summed E-state index contributed by atoms with van der Waals surface area (Å²) in [5.74, 6) is 1.62. The Morgan fingerprint density at radius 1 is 1.06 bits per heavy atom. The van der Waals surface area contributed by atoms with Crippen LogP contribution in [0.5, 0.6) is 0 Å². The number of carbonyl (C=O) groups excluding carboxylic acids is 2. The van der Waals surface area contributed by atoms with Gasteiger partial charge in [-0.15, -0.1) is 0 Å². The molecule has 3 heterocycles. The van der Waals surface area contributed by atoms with E-state index in [4.69, 9.17) is 0 Å². The van der Waals surface area contributed by atoms with E-state index < -0.39 is 6.17 Å². The van der Waals surface area contributed by atoms with Crippen molar-refractivity contribution in [2.24, 2.45) is 23.7 Å². The van der Waals surface area contributed by atoms with Gasteiger partial charge in [0.2, 0.25) is 11.8 Å². The van der Waals surface area contributed by atoms with E-state index >= 15 is 0 Å². The molecule has 6 unspecified atom stereocenters. The number of likely N-dealkylation sites (tertiary alicyclic amines) is 1. The number of rotatable bonds is 7. The van der Waals surface area contributed by atoms with Gasteiger partial charge in [-0.25, -0.2) is 4.39 Å². The first-order valence-electron chi connectivity index (χ1n) is 13.2. The molecule has 6 atom stereocenters. The van der Waals surface area contributed by atoms with Crippen LogP contribution in [-0.2, 0) is 9.59 Å². The standard InChI is InChI=1S/C25H43FN4O2/c1-17-5-6-19(14-21(17)26)25(32)30-12-8-18(9-13-30)4-2-3-10-28-24(31)23-15-20-16-27-11-7-22(20)29-23/h17-23,27,29H,2-16H2,1H3,(H,28,31). The molecule has 1 aliphatic carbocycles. The number of hydrogen-bond acceptors (Lipinski definition) is 4. The molecule has 4 fully saturated rings. The molecule has 4 rings (SSSR count). The Balaban J connectivity index is 1.06. The first-order chi connectivity index (χ1) is 15.5. The van der Waals surface area contributed by atoms with E-state index in [-0.39, 0.29) is 29.7 Å². The van der Waals surface area contributed by atoms with Crippen LogP contribution < -0.4 is 16.0 Å². The van der Waals surface area contributed by atoms with Gasteiger partial charge < -0.3 is 20.9 Å². The lowest BCUT2D eigenvalue weighted by atomic mass is 9.80. The summed E-state index contributed by atoms with van der Waals surface area (Å²) in [4.78, 5) is 27.2. The Hall–Kier alpha value is -1.21. The molecule has 3 N–H and O–H groups in total. The number of nitrogens with zero attached hydrogens (tertiary/aromatic N) is 1. The molecule has 32 heavy (non-hydrogen) atoms. The molecule has 3 aliphatic heterocycles. The maximum Gasteiger partial charge on any atom is 0.237 e. The molecule has 6 nitrogen and oxygen atoms in total. The van der Waals surface area contributed by atoms with Gasteiger partial charge in [-0.1, -0.05) is 19.8 Å². The maximum atomic E-state index is 14.0. The summed E-state index contributed by atoms with van der Waals surface area (Å²) in [5.41, 5.74) is 0. The highest BCUT2D eigenvalue weighted by atomic mass is 19.1. The number of hydrogen-bond donors (Lipinski definition) is 3. The fourth-order valence-corrected chi connectivity index (χ4v) is 6.29. The Morgan fingerprint density at radius 2 is 1.88 bits per heavy atom. The number of unbranched alkanes of at least 4 members (excludes halogenated alkanes) is 1. The van der Waals surface area contributed by atoms with Gasteiger partial charge in [-0.05, 0) is 82.2 Å². The molecule has 3 saturated heterocycles. The van der Waals surface area contributed by atoms with Crippen molar-refractivity contribution in [3.8, 4) is 0 Å². The summed E-state index contributed by atoms with van der Waals surface area (Å²) in [6.07, 6.45) is 8.78. The van der Waals surface area contributed by atoms with Crippen molar-refractivity contribution in [3.05, 3.63) is 0 Å². The van der Waals surface area contributed by atoms with Crippen molar-refractivity contribution in [1.82, 2.24) is 20.9 Å². The van der Waals surface area contributed by atoms with Gasteiger partial charge in [0, 0.05) is 31.6 Å². The van der Waals surface area contributed by atoms with Crippen LogP contribution in [0.4, 0.5) is 4.39 Å². The number of nitrogens with one attached hydrogen (secondary N) is 3. The summed E-state index contributed by atoms with van der Waals surface area (Å²) in [5, 5.41) is 10.1. The molecule has 4 aliphatic rings. The highest BCUT2D eigenvalue weighted by Crippen LogP contribution is 2.33. The monoisotopic (exact) mass is 450 g/mol. The Morgan fingerprint density at radius 3 is 2.62 bits per heavy atom. The third-order valence-corrected chi connectivity index (χ3v) is 8.59. The predicted molar refractivity (Wildman–Crippen MR) is 124 cm³/mol. The van der Waals surface area contributed by atoms with Crippen LogP contribution >= 0.6 is 0 Å². The van der Waals surface area contributed by atoms with Crippen molar-refractivity contribution >= 4 is 11.8 Å². The van der Waals surface area contributed by atoms with Crippen LogP contribution in [0.2, 0.25) is 0 Å². The Labute approximate surface area is 192 Å².